The van der Waals surface area contributed by atoms with Gasteiger partial charge in [0.1, 0.15) is 0 Å². The fraction of sp³-hybridized carbons (Fsp3) is 0.438. The first-order chi connectivity index (χ1) is 12.2. The lowest BCUT2D eigenvalue weighted by molar-refractivity contribution is -0.192. The first-order valence-corrected chi connectivity index (χ1v) is 7.89. The Labute approximate surface area is 147 Å². The largest absolute Gasteiger partial charge is 0.490 e. The van der Waals surface area contributed by atoms with E-state index in [1.165, 1.54) is 6.42 Å². The molecule has 1 aliphatic carbocycles. The van der Waals surface area contributed by atoms with Crippen molar-refractivity contribution in [3.63, 3.8) is 0 Å². The third kappa shape index (κ3) is 4.51. The van der Waals surface area contributed by atoms with Gasteiger partial charge in [0.05, 0.1) is 17.3 Å². The number of pyridine rings is 1. The highest BCUT2D eigenvalue weighted by atomic mass is 19.4. The summed E-state index contributed by atoms with van der Waals surface area (Å²) in [6.07, 6.45) is 1.88. The van der Waals surface area contributed by atoms with Crippen molar-refractivity contribution >= 4 is 17.4 Å². The molecule has 0 aromatic carbocycles. The quantitative estimate of drug-likeness (QED) is 0.758. The number of nitrogens with one attached hydrogen (secondary N) is 1. The Morgan fingerprint density at radius 2 is 2.00 bits per heavy atom. The maximum absolute atomic E-state index is 12.3. The number of hydrogen-bond donors (Lipinski definition) is 3. The molecular formula is C16H19F3N4O3. The number of halogens is 3. The van der Waals surface area contributed by atoms with Gasteiger partial charge in [0.25, 0.3) is 5.91 Å². The molecule has 10 heteroatoms. The number of amides is 1. The van der Waals surface area contributed by atoms with Gasteiger partial charge in [0.2, 0.25) is 0 Å². The van der Waals surface area contributed by atoms with Crippen molar-refractivity contribution in [2.75, 3.05) is 13.1 Å². The summed E-state index contributed by atoms with van der Waals surface area (Å²) in [6.45, 7) is 1.31. The zero-order valence-electron chi connectivity index (χ0n) is 13.8. The van der Waals surface area contributed by atoms with Crippen LogP contribution in [0.25, 0.3) is 5.52 Å². The zero-order valence-corrected chi connectivity index (χ0v) is 13.8. The second-order valence-electron chi connectivity index (χ2n) is 6.13. The van der Waals surface area contributed by atoms with Crippen LogP contribution in [-0.4, -0.2) is 45.9 Å². The lowest BCUT2D eigenvalue weighted by Gasteiger charge is -2.41. The first-order valence-electron chi connectivity index (χ1n) is 7.89. The molecule has 2 heterocycles. The highest BCUT2D eigenvalue weighted by Gasteiger charge is 2.38. The molecule has 2 aromatic rings. The molecule has 0 unspecified atom stereocenters. The number of rotatable bonds is 4. The minimum atomic E-state index is -5.08. The number of aliphatic carboxylic acids is 1. The summed E-state index contributed by atoms with van der Waals surface area (Å²) in [4.78, 5) is 21.2. The Morgan fingerprint density at radius 3 is 2.50 bits per heavy atom. The van der Waals surface area contributed by atoms with Crippen LogP contribution in [0.2, 0.25) is 0 Å². The Hall–Kier alpha value is -2.62. The van der Waals surface area contributed by atoms with E-state index in [9.17, 15) is 18.0 Å². The van der Waals surface area contributed by atoms with Crippen molar-refractivity contribution in [2.45, 2.75) is 25.4 Å². The van der Waals surface area contributed by atoms with E-state index in [-0.39, 0.29) is 11.3 Å². The van der Waals surface area contributed by atoms with Gasteiger partial charge in [0.15, 0.2) is 0 Å². The molecule has 0 aliphatic heterocycles. The second-order valence-corrected chi connectivity index (χ2v) is 6.13. The minimum absolute atomic E-state index is 0.0502. The molecule has 0 saturated heterocycles. The summed E-state index contributed by atoms with van der Waals surface area (Å²) in [7, 11) is 0. The number of carboxylic acids is 1. The summed E-state index contributed by atoms with van der Waals surface area (Å²) < 4.78 is 33.4. The molecule has 4 N–H and O–H groups in total. The number of alkyl halides is 3. The van der Waals surface area contributed by atoms with Crippen LogP contribution in [0.1, 0.15) is 29.6 Å². The van der Waals surface area contributed by atoms with Gasteiger partial charge >= 0.3 is 12.1 Å². The molecular weight excluding hydrogens is 353 g/mol. The van der Waals surface area contributed by atoms with Gasteiger partial charge in [0, 0.05) is 12.7 Å². The van der Waals surface area contributed by atoms with Crippen molar-refractivity contribution in [1.29, 1.82) is 0 Å². The van der Waals surface area contributed by atoms with Crippen molar-refractivity contribution in [2.24, 2.45) is 11.1 Å². The van der Waals surface area contributed by atoms with Crippen LogP contribution in [0.3, 0.4) is 0 Å². The number of fused-ring (bicyclic) bond motifs is 1. The maximum Gasteiger partial charge on any atom is 0.490 e. The Balaban J connectivity index is 0.000000298. The highest BCUT2D eigenvalue weighted by Crippen LogP contribution is 2.39. The van der Waals surface area contributed by atoms with Gasteiger partial charge in [-0.3, -0.25) is 4.79 Å². The number of nitrogens with zero attached hydrogens (tertiary/aromatic N) is 2. The number of carbonyl (C=O) groups excluding carboxylic acids is 1. The van der Waals surface area contributed by atoms with Crippen LogP contribution in [0, 0.1) is 5.41 Å². The molecule has 26 heavy (non-hydrogen) atoms. The van der Waals surface area contributed by atoms with Crippen molar-refractivity contribution in [3.8, 4) is 0 Å². The third-order valence-electron chi connectivity index (χ3n) is 4.39. The Kier molecular flexibility index (Phi) is 5.86. The standard InChI is InChI=1S/C14H18N4O.C2HF3O2/c15-9-14(5-2-6-14)10-16-13(19)11-3-1-8-18-12(11)4-7-17-18;3-2(4,5)1(6)7/h1,3-4,7-8H,2,5-6,9-10,15H2,(H,16,19);(H,6,7). The second kappa shape index (κ2) is 7.73. The van der Waals surface area contributed by atoms with Crippen LogP contribution in [0.5, 0.6) is 0 Å². The summed E-state index contributed by atoms with van der Waals surface area (Å²) >= 11 is 0. The van der Waals surface area contributed by atoms with Crippen LogP contribution >= 0.6 is 0 Å². The molecule has 3 rings (SSSR count). The van der Waals surface area contributed by atoms with Crippen molar-refractivity contribution in [3.05, 3.63) is 36.2 Å². The molecule has 1 aliphatic rings. The molecule has 1 amide bonds. The Morgan fingerprint density at radius 1 is 1.35 bits per heavy atom. The van der Waals surface area contributed by atoms with E-state index < -0.39 is 12.1 Å². The van der Waals surface area contributed by atoms with Gasteiger partial charge < -0.3 is 16.2 Å². The molecule has 0 radical (unpaired) electrons. The van der Waals surface area contributed by atoms with Crippen LogP contribution in [-0.2, 0) is 4.79 Å². The first kappa shape index (κ1) is 19.7. The number of aromatic nitrogens is 2. The average molecular weight is 372 g/mol. The van der Waals surface area contributed by atoms with E-state index in [1.54, 1.807) is 10.7 Å². The molecule has 0 spiro atoms. The van der Waals surface area contributed by atoms with Gasteiger partial charge in [-0.15, -0.1) is 0 Å². The SMILES string of the molecule is NCC1(CNC(=O)c2cccn3nccc23)CCC1.O=C(O)C(F)(F)F. The van der Waals surface area contributed by atoms with E-state index >= 15 is 0 Å². The number of hydrogen-bond acceptors (Lipinski definition) is 4. The van der Waals surface area contributed by atoms with Gasteiger partial charge in [-0.2, -0.15) is 18.3 Å². The summed E-state index contributed by atoms with van der Waals surface area (Å²) in [5.74, 6) is -2.81. The van der Waals surface area contributed by atoms with Gasteiger partial charge in [-0.25, -0.2) is 9.31 Å². The summed E-state index contributed by atoms with van der Waals surface area (Å²) in [5, 5.41) is 14.3. The van der Waals surface area contributed by atoms with Crippen molar-refractivity contribution < 1.29 is 27.9 Å². The molecule has 1 fully saturated rings. The summed E-state index contributed by atoms with van der Waals surface area (Å²) in [5.41, 5.74) is 7.42. The minimum Gasteiger partial charge on any atom is -0.475 e. The normalized spacial score (nSPS) is 15.5. The number of carbonyl (C=O) groups is 2. The molecule has 2 aromatic heterocycles. The zero-order chi connectivity index (χ0) is 19.4. The van der Waals surface area contributed by atoms with Gasteiger partial charge in [-0.1, -0.05) is 6.42 Å². The predicted octanol–water partition coefficient (Wildman–Crippen LogP) is 1.83. The molecule has 1 saturated carbocycles. The van der Waals surface area contributed by atoms with Crippen molar-refractivity contribution in [1.82, 2.24) is 14.9 Å². The molecule has 142 valence electrons. The lowest BCUT2D eigenvalue weighted by atomic mass is 9.69. The smallest absolute Gasteiger partial charge is 0.475 e. The van der Waals surface area contributed by atoms with E-state index in [0.29, 0.717) is 18.7 Å². The Bertz CT molecular complexity index is 779. The topological polar surface area (TPSA) is 110 Å². The van der Waals surface area contributed by atoms with Gasteiger partial charge in [-0.05, 0) is 43.0 Å². The van der Waals surface area contributed by atoms with E-state index in [1.807, 2.05) is 24.4 Å². The predicted molar refractivity (Wildman–Crippen MR) is 86.6 cm³/mol. The van der Waals surface area contributed by atoms with E-state index in [4.69, 9.17) is 15.6 Å². The van der Waals surface area contributed by atoms with Crippen LogP contribution < -0.4 is 11.1 Å². The van der Waals surface area contributed by atoms with Crippen LogP contribution in [0.15, 0.2) is 30.6 Å². The average Bonchev–Trinajstić information content (AvgIpc) is 3.02. The summed E-state index contributed by atoms with van der Waals surface area (Å²) in [6, 6.07) is 5.50. The number of carboxylic acid groups (broad SMARTS) is 1. The third-order valence-corrected chi connectivity index (χ3v) is 4.39. The number of nitrogens with two attached hydrogens (primary N) is 1. The molecule has 0 bridgehead atoms. The lowest BCUT2D eigenvalue weighted by Crippen LogP contribution is -2.46. The fourth-order valence-electron chi connectivity index (χ4n) is 2.64. The maximum atomic E-state index is 12.3. The molecule has 0 atom stereocenters. The monoisotopic (exact) mass is 372 g/mol. The van der Waals surface area contributed by atoms with Crippen LogP contribution in [0.4, 0.5) is 13.2 Å². The van der Waals surface area contributed by atoms with E-state index in [0.717, 1.165) is 18.4 Å². The fourth-order valence-corrected chi connectivity index (χ4v) is 2.64. The van der Waals surface area contributed by atoms with E-state index in [2.05, 4.69) is 10.4 Å². The highest BCUT2D eigenvalue weighted by molar-refractivity contribution is 6.00. The molecule has 7 nitrogen and oxygen atoms in total.